The summed E-state index contributed by atoms with van der Waals surface area (Å²) < 4.78 is 76.1. The first kappa shape index (κ1) is 25.4. The van der Waals surface area contributed by atoms with E-state index in [4.69, 9.17) is 4.42 Å². The first-order valence-electron chi connectivity index (χ1n) is 11.5. The first-order valence-corrected chi connectivity index (χ1v) is 11.5. The Morgan fingerprint density at radius 3 is 2.39 bits per heavy atom. The summed E-state index contributed by atoms with van der Waals surface area (Å²) in [5.74, 6) is -4.33. The fourth-order valence-electron chi connectivity index (χ4n) is 4.51. The molecule has 38 heavy (non-hydrogen) atoms. The Balaban J connectivity index is 1.22. The lowest BCUT2D eigenvalue weighted by Crippen LogP contribution is -2.62. The Morgan fingerprint density at radius 2 is 1.79 bits per heavy atom. The van der Waals surface area contributed by atoms with Crippen molar-refractivity contribution >= 4 is 23.5 Å². The number of aromatic nitrogens is 2. The quantitative estimate of drug-likeness (QED) is 0.357. The zero-order valence-corrected chi connectivity index (χ0v) is 19.7. The fraction of sp³-hybridized carbons (Fsp3) is 0.333. The summed E-state index contributed by atoms with van der Waals surface area (Å²) in [5.41, 5.74) is 0.303. The minimum absolute atomic E-state index is 0.00269. The van der Waals surface area contributed by atoms with E-state index in [1.807, 2.05) is 6.92 Å². The number of imide groups is 1. The third-order valence-electron chi connectivity index (χ3n) is 6.52. The van der Waals surface area contributed by atoms with Crippen molar-refractivity contribution < 1.29 is 40.7 Å². The smallest absolute Gasteiger partial charge is 0.406 e. The second-order valence-electron chi connectivity index (χ2n) is 8.96. The number of amides is 2. The molecular weight excluding hydrogens is 517 g/mol. The second kappa shape index (κ2) is 9.58. The van der Waals surface area contributed by atoms with Crippen molar-refractivity contribution in [1.82, 2.24) is 15.5 Å². The Kier molecular flexibility index (Phi) is 6.41. The molecule has 0 spiro atoms. The fourth-order valence-corrected chi connectivity index (χ4v) is 4.51. The lowest BCUT2D eigenvalue weighted by molar-refractivity contribution is -0.274. The number of carbonyl (C=O) groups excluding carboxylic acids is 2. The third-order valence-corrected chi connectivity index (χ3v) is 6.52. The highest BCUT2D eigenvalue weighted by Gasteiger charge is 2.39. The lowest BCUT2D eigenvalue weighted by atomic mass is 9.89. The average molecular weight is 537 g/mol. The second-order valence-corrected chi connectivity index (χ2v) is 8.96. The number of anilines is 2. The Hall–Kier alpha value is -4.23. The normalized spacial score (nSPS) is 21.6. The van der Waals surface area contributed by atoms with Crippen LogP contribution in [-0.4, -0.2) is 47.0 Å². The van der Waals surface area contributed by atoms with Gasteiger partial charge < -0.3 is 19.4 Å². The minimum Gasteiger partial charge on any atom is -0.406 e. The number of halogens is 5. The van der Waals surface area contributed by atoms with Gasteiger partial charge in [0.15, 0.2) is 0 Å². The van der Waals surface area contributed by atoms with Crippen molar-refractivity contribution in [1.29, 1.82) is 0 Å². The van der Waals surface area contributed by atoms with Crippen LogP contribution in [0.25, 0.3) is 11.5 Å². The van der Waals surface area contributed by atoms with Gasteiger partial charge in [0.1, 0.15) is 17.4 Å². The van der Waals surface area contributed by atoms with Gasteiger partial charge in [-0.25, -0.2) is 8.78 Å². The number of hydrogen-bond donors (Lipinski definition) is 2. The van der Waals surface area contributed by atoms with Gasteiger partial charge in [0.2, 0.25) is 17.7 Å². The summed E-state index contributed by atoms with van der Waals surface area (Å²) in [6.07, 6.45) is -4.77. The van der Waals surface area contributed by atoms with E-state index in [1.54, 1.807) is 4.90 Å². The molecule has 2 aliphatic heterocycles. The molecule has 3 atom stereocenters. The van der Waals surface area contributed by atoms with Gasteiger partial charge in [0.05, 0.1) is 12.0 Å². The van der Waals surface area contributed by atoms with Crippen LogP contribution in [0, 0.1) is 11.6 Å². The Morgan fingerprint density at radius 1 is 1.11 bits per heavy atom. The number of nitrogens with zero attached hydrogens (tertiary/aromatic N) is 3. The molecule has 0 bridgehead atoms. The largest absolute Gasteiger partial charge is 0.573 e. The Labute approximate surface area is 212 Å². The molecule has 2 aromatic carbocycles. The summed E-state index contributed by atoms with van der Waals surface area (Å²) >= 11 is 0. The maximum absolute atomic E-state index is 14.9. The first-order chi connectivity index (χ1) is 18.0. The molecule has 9 nitrogen and oxygen atoms in total. The zero-order valence-electron chi connectivity index (χ0n) is 19.7. The van der Waals surface area contributed by atoms with E-state index in [9.17, 15) is 31.5 Å². The molecule has 0 radical (unpaired) electrons. The van der Waals surface area contributed by atoms with Crippen molar-refractivity contribution in [3.05, 3.63) is 53.6 Å². The van der Waals surface area contributed by atoms with Crippen molar-refractivity contribution in [2.45, 2.75) is 44.1 Å². The van der Waals surface area contributed by atoms with Crippen LogP contribution in [0.15, 0.2) is 40.8 Å². The van der Waals surface area contributed by atoms with Gasteiger partial charge in [-0.05, 0) is 49.7 Å². The molecule has 2 N–H and O–H groups in total. The van der Waals surface area contributed by atoms with Crippen LogP contribution in [0.2, 0.25) is 0 Å². The van der Waals surface area contributed by atoms with Crippen LogP contribution in [-0.2, 0) is 9.59 Å². The number of carbonyl (C=O) groups is 2. The van der Waals surface area contributed by atoms with Crippen molar-refractivity contribution in [3.63, 3.8) is 0 Å². The van der Waals surface area contributed by atoms with Gasteiger partial charge in [-0.3, -0.25) is 14.9 Å². The van der Waals surface area contributed by atoms with Crippen molar-refractivity contribution in [3.8, 4) is 17.2 Å². The predicted octanol–water partition coefficient (Wildman–Crippen LogP) is 4.12. The molecule has 1 aromatic heterocycles. The zero-order chi connectivity index (χ0) is 27.2. The highest BCUT2D eigenvalue weighted by Crippen LogP contribution is 2.35. The minimum atomic E-state index is -4.80. The van der Waals surface area contributed by atoms with Crippen LogP contribution in [0.3, 0.4) is 0 Å². The van der Waals surface area contributed by atoms with Crippen molar-refractivity contribution in [2.75, 3.05) is 16.8 Å². The van der Waals surface area contributed by atoms with Crippen LogP contribution in [0.5, 0.6) is 5.75 Å². The molecule has 3 heterocycles. The number of piperidine rings is 1. The van der Waals surface area contributed by atoms with Crippen LogP contribution < -0.4 is 20.3 Å². The molecule has 2 fully saturated rings. The summed E-state index contributed by atoms with van der Waals surface area (Å²) in [4.78, 5) is 25.2. The van der Waals surface area contributed by atoms with Crippen LogP contribution >= 0.6 is 0 Å². The van der Waals surface area contributed by atoms with Crippen LogP contribution in [0.4, 0.5) is 33.7 Å². The molecule has 2 saturated heterocycles. The summed E-state index contributed by atoms with van der Waals surface area (Å²) in [6.45, 7) is 2.17. The molecular formula is C24H20F5N5O4. The average Bonchev–Trinajstić information content (AvgIpc) is 3.30. The molecule has 3 aromatic rings. The van der Waals surface area contributed by atoms with Gasteiger partial charge in [-0.1, -0.05) is 5.10 Å². The van der Waals surface area contributed by atoms with E-state index in [0.29, 0.717) is 12.1 Å². The highest BCUT2D eigenvalue weighted by molar-refractivity contribution is 6.01. The van der Waals surface area contributed by atoms with Crippen molar-refractivity contribution in [2.24, 2.45) is 0 Å². The summed E-state index contributed by atoms with van der Waals surface area (Å²) in [7, 11) is 0. The predicted molar refractivity (Wildman–Crippen MR) is 122 cm³/mol. The number of rotatable bonds is 6. The van der Waals surface area contributed by atoms with E-state index >= 15 is 0 Å². The SMILES string of the molecule is C[C@@H]1[C@@H](Nc2nnc(-c3ccc(OC(F)(F)F)cc3)o2)CN1c1cc(F)c(C2CCC(=O)NC2=O)c(F)c1. The number of benzene rings is 2. The molecule has 0 aliphatic carbocycles. The van der Waals surface area contributed by atoms with Crippen LogP contribution in [0.1, 0.15) is 31.2 Å². The number of alkyl halides is 3. The maximum atomic E-state index is 14.9. The van der Waals surface area contributed by atoms with E-state index in [2.05, 4.69) is 25.6 Å². The van der Waals surface area contributed by atoms with Gasteiger partial charge in [0.25, 0.3) is 0 Å². The summed E-state index contributed by atoms with van der Waals surface area (Å²) in [6, 6.07) is 6.86. The maximum Gasteiger partial charge on any atom is 0.573 e. The van der Waals surface area contributed by atoms with E-state index in [1.165, 1.54) is 12.1 Å². The topological polar surface area (TPSA) is 110 Å². The van der Waals surface area contributed by atoms with Gasteiger partial charge in [-0.2, -0.15) is 0 Å². The van der Waals surface area contributed by atoms with E-state index < -0.39 is 35.7 Å². The molecule has 2 aliphatic rings. The molecule has 14 heteroatoms. The lowest BCUT2D eigenvalue weighted by Gasteiger charge is -2.48. The molecule has 5 rings (SSSR count). The molecule has 200 valence electrons. The molecule has 2 amide bonds. The summed E-state index contributed by atoms with van der Waals surface area (Å²) in [5, 5.41) is 12.9. The number of nitrogens with one attached hydrogen (secondary N) is 2. The van der Waals surface area contributed by atoms with Gasteiger partial charge in [-0.15, -0.1) is 18.3 Å². The van der Waals surface area contributed by atoms with Gasteiger partial charge >= 0.3 is 12.4 Å². The number of ether oxygens (including phenoxy) is 1. The number of hydrogen-bond acceptors (Lipinski definition) is 8. The monoisotopic (exact) mass is 537 g/mol. The van der Waals surface area contributed by atoms with Gasteiger partial charge in [0, 0.05) is 35.8 Å². The Bertz CT molecular complexity index is 1350. The molecule has 1 unspecified atom stereocenters. The highest BCUT2D eigenvalue weighted by atomic mass is 19.4. The standard InChI is InChI=1S/C24H20F5N5O4/c1-11-18(30-23-33-32-22(37-23)12-2-4-14(5-3-12)38-24(27,28)29)10-34(11)13-8-16(25)20(17(26)9-13)15-6-7-19(35)31-21(15)36/h2-5,8-9,11,15,18H,6-7,10H2,1H3,(H,30,33)(H,31,35,36)/t11-,15?,18+/m1/s1. The van der Waals surface area contributed by atoms with E-state index in [-0.39, 0.29) is 53.8 Å². The molecule has 0 saturated carbocycles. The third kappa shape index (κ3) is 5.10. The van der Waals surface area contributed by atoms with E-state index in [0.717, 1.165) is 24.3 Å².